The van der Waals surface area contributed by atoms with Gasteiger partial charge in [0, 0.05) is 6.61 Å². The zero-order valence-electron chi connectivity index (χ0n) is 8.73. The van der Waals surface area contributed by atoms with E-state index in [1.165, 1.54) is 0 Å². The highest BCUT2D eigenvalue weighted by molar-refractivity contribution is 5.76. The normalized spacial score (nSPS) is 46.2. The fourth-order valence-electron chi connectivity index (χ4n) is 3.21. The first-order valence-electron chi connectivity index (χ1n) is 5.34. The number of carbonyl (C=O) groups is 1. The average Bonchev–Trinajstić information content (AvgIpc) is 2.67. The molecule has 0 bridgehead atoms. The number of carbonyl (C=O) groups excluding carboxylic acids is 1. The van der Waals surface area contributed by atoms with Gasteiger partial charge in [-0.1, -0.05) is 12.2 Å². The van der Waals surface area contributed by atoms with E-state index in [0.717, 1.165) is 31.5 Å². The van der Waals surface area contributed by atoms with Crippen molar-refractivity contribution in [3.05, 3.63) is 24.0 Å². The van der Waals surface area contributed by atoms with Gasteiger partial charge in [0.2, 0.25) is 0 Å². The lowest BCUT2D eigenvalue weighted by Crippen LogP contribution is -2.60. The summed E-state index contributed by atoms with van der Waals surface area (Å²) in [6, 6.07) is 0. The van der Waals surface area contributed by atoms with Crippen LogP contribution in [0.1, 0.15) is 12.8 Å². The maximum Gasteiger partial charge on any atom is 0.140 e. The fraction of sp³-hybridized carbons (Fsp3) is 0.583. The van der Waals surface area contributed by atoms with Gasteiger partial charge in [-0.3, -0.25) is 0 Å². The Morgan fingerprint density at radius 3 is 3.27 bits per heavy atom. The number of hydrogen-bond acceptors (Lipinski definition) is 3. The van der Waals surface area contributed by atoms with Gasteiger partial charge in [-0.15, -0.1) is 0 Å². The highest BCUT2D eigenvalue weighted by atomic mass is 16.5. The molecule has 0 aromatic rings. The molecule has 1 aliphatic heterocycles. The van der Waals surface area contributed by atoms with E-state index in [1.807, 2.05) is 12.2 Å². The van der Waals surface area contributed by atoms with Crippen LogP contribution in [0.25, 0.3) is 0 Å². The van der Waals surface area contributed by atoms with Crippen molar-refractivity contribution in [2.75, 3.05) is 13.7 Å². The average molecular weight is 206 g/mol. The Hall–Kier alpha value is -1.09. The molecule has 3 unspecified atom stereocenters. The van der Waals surface area contributed by atoms with E-state index < -0.39 is 11.0 Å². The molecule has 0 amide bonds. The third-order valence-corrected chi connectivity index (χ3v) is 4.02. The molecule has 0 aromatic carbocycles. The summed E-state index contributed by atoms with van der Waals surface area (Å²) in [6.45, 7) is 0.745. The van der Waals surface area contributed by atoms with Crippen molar-refractivity contribution < 1.29 is 14.3 Å². The van der Waals surface area contributed by atoms with Crippen LogP contribution in [0.4, 0.5) is 0 Å². The Kier molecular flexibility index (Phi) is 1.67. The van der Waals surface area contributed by atoms with Crippen molar-refractivity contribution >= 4 is 6.29 Å². The van der Waals surface area contributed by atoms with Gasteiger partial charge in [-0.2, -0.15) is 0 Å². The van der Waals surface area contributed by atoms with Crippen LogP contribution in [0.15, 0.2) is 24.0 Å². The second-order valence-electron chi connectivity index (χ2n) is 4.46. The maximum absolute atomic E-state index is 11.4. The van der Waals surface area contributed by atoms with Crippen LogP contribution in [-0.2, 0) is 14.3 Å². The maximum atomic E-state index is 11.4. The minimum absolute atomic E-state index is 0.394. The molecular formula is C12H14O3. The Bertz CT molecular complexity index is 371. The van der Waals surface area contributed by atoms with Gasteiger partial charge >= 0.3 is 0 Å². The van der Waals surface area contributed by atoms with Gasteiger partial charge in [0.1, 0.15) is 23.1 Å². The summed E-state index contributed by atoms with van der Waals surface area (Å²) in [5.41, 5.74) is -1.03. The van der Waals surface area contributed by atoms with Gasteiger partial charge in [-0.25, -0.2) is 0 Å². The molecule has 0 saturated carbocycles. The minimum atomic E-state index is -0.638. The zero-order valence-corrected chi connectivity index (χ0v) is 8.73. The lowest BCUT2D eigenvalue weighted by atomic mass is 9.54. The first kappa shape index (κ1) is 9.16. The van der Waals surface area contributed by atoms with Crippen molar-refractivity contribution in [2.45, 2.75) is 18.4 Å². The molecule has 1 spiro atoms. The van der Waals surface area contributed by atoms with E-state index in [9.17, 15) is 4.79 Å². The van der Waals surface area contributed by atoms with Crippen molar-refractivity contribution in [3.63, 3.8) is 0 Å². The van der Waals surface area contributed by atoms with E-state index >= 15 is 0 Å². The summed E-state index contributed by atoms with van der Waals surface area (Å²) in [4.78, 5) is 11.4. The molecule has 0 aromatic heterocycles. The van der Waals surface area contributed by atoms with Crippen LogP contribution < -0.4 is 0 Å². The molecule has 3 aliphatic rings. The van der Waals surface area contributed by atoms with Gasteiger partial charge < -0.3 is 14.3 Å². The zero-order chi connectivity index (χ0) is 10.5. The molecule has 3 rings (SSSR count). The Morgan fingerprint density at radius 2 is 2.53 bits per heavy atom. The quantitative estimate of drug-likeness (QED) is 0.506. The SMILES string of the molecule is COC1=CC23OCCC2CC=CC13C=O. The molecule has 0 N–H and O–H groups in total. The molecule has 1 fully saturated rings. The Balaban J connectivity index is 2.14. The first-order valence-corrected chi connectivity index (χ1v) is 5.34. The Labute approximate surface area is 88.7 Å². The smallest absolute Gasteiger partial charge is 0.140 e. The lowest BCUT2D eigenvalue weighted by molar-refractivity contribution is -0.139. The number of aldehydes is 1. The number of hydrogen-bond donors (Lipinski definition) is 0. The summed E-state index contributed by atoms with van der Waals surface area (Å²) >= 11 is 0. The molecule has 0 radical (unpaired) electrons. The monoisotopic (exact) mass is 206 g/mol. The first-order chi connectivity index (χ1) is 7.29. The largest absolute Gasteiger partial charge is 0.500 e. The number of rotatable bonds is 2. The van der Waals surface area contributed by atoms with Gasteiger partial charge in [0.25, 0.3) is 0 Å². The summed E-state index contributed by atoms with van der Waals surface area (Å²) in [7, 11) is 1.61. The predicted molar refractivity (Wildman–Crippen MR) is 54.1 cm³/mol. The van der Waals surface area contributed by atoms with Crippen LogP contribution >= 0.6 is 0 Å². The molecule has 3 nitrogen and oxygen atoms in total. The van der Waals surface area contributed by atoms with Crippen LogP contribution in [0.2, 0.25) is 0 Å². The van der Waals surface area contributed by atoms with Crippen molar-refractivity contribution in [1.82, 2.24) is 0 Å². The standard InChI is InChI=1S/C12H14O3/c1-14-10-7-12-9(4-6-15-12)3-2-5-11(10,12)8-13/h2,5,7-9H,3-4,6H2,1H3. The van der Waals surface area contributed by atoms with Gasteiger partial charge in [0.15, 0.2) is 0 Å². The second kappa shape index (κ2) is 2.73. The molecule has 3 atom stereocenters. The fourth-order valence-corrected chi connectivity index (χ4v) is 3.21. The van der Waals surface area contributed by atoms with E-state index in [4.69, 9.17) is 9.47 Å². The highest BCUT2D eigenvalue weighted by Crippen LogP contribution is 2.61. The van der Waals surface area contributed by atoms with Crippen LogP contribution in [0.5, 0.6) is 0 Å². The van der Waals surface area contributed by atoms with Gasteiger partial charge in [0.05, 0.1) is 7.11 Å². The highest BCUT2D eigenvalue weighted by Gasteiger charge is 2.67. The molecule has 1 saturated heterocycles. The molecule has 1 heterocycles. The van der Waals surface area contributed by atoms with E-state index in [1.54, 1.807) is 7.11 Å². The third kappa shape index (κ3) is 0.797. The number of methoxy groups -OCH3 is 1. The summed E-state index contributed by atoms with van der Waals surface area (Å²) < 4.78 is 11.1. The lowest BCUT2D eigenvalue weighted by Gasteiger charge is -2.53. The number of ether oxygens (including phenoxy) is 2. The van der Waals surface area contributed by atoms with Crippen molar-refractivity contribution in [1.29, 1.82) is 0 Å². The van der Waals surface area contributed by atoms with E-state index in [2.05, 4.69) is 6.08 Å². The van der Waals surface area contributed by atoms with Crippen LogP contribution in [0.3, 0.4) is 0 Å². The summed E-state index contributed by atoms with van der Waals surface area (Å²) in [5, 5.41) is 0. The Morgan fingerprint density at radius 1 is 1.67 bits per heavy atom. The predicted octanol–water partition coefficient (Wildman–Crippen LogP) is 1.45. The molecule has 80 valence electrons. The van der Waals surface area contributed by atoms with Crippen molar-refractivity contribution in [3.8, 4) is 0 Å². The van der Waals surface area contributed by atoms with E-state index in [-0.39, 0.29) is 0 Å². The van der Waals surface area contributed by atoms with Gasteiger partial charge in [-0.05, 0) is 24.8 Å². The van der Waals surface area contributed by atoms with Crippen LogP contribution in [0, 0.1) is 11.3 Å². The van der Waals surface area contributed by atoms with Crippen LogP contribution in [-0.4, -0.2) is 25.6 Å². The topological polar surface area (TPSA) is 35.5 Å². The minimum Gasteiger partial charge on any atom is -0.500 e. The summed E-state index contributed by atoms with van der Waals surface area (Å²) in [5.74, 6) is 1.17. The summed E-state index contributed by atoms with van der Waals surface area (Å²) in [6.07, 6.45) is 9.03. The molecule has 2 aliphatic carbocycles. The third-order valence-electron chi connectivity index (χ3n) is 4.02. The molecule has 3 heteroatoms. The van der Waals surface area contributed by atoms with E-state index in [0.29, 0.717) is 5.92 Å². The van der Waals surface area contributed by atoms with Crippen molar-refractivity contribution in [2.24, 2.45) is 11.3 Å². The second-order valence-corrected chi connectivity index (χ2v) is 4.46. The molecular weight excluding hydrogens is 192 g/mol. The molecule has 15 heavy (non-hydrogen) atoms. The number of allylic oxidation sites excluding steroid dienone is 1.